The van der Waals surface area contributed by atoms with Crippen molar-refractivity contribution < 1.29 is 67.1 Å². The number of Topliss-reactive ketones (excluding diaryl/α,β-unsaturated/α-hetero) is 1. The standard InChI is InChI=1S/C11H16NO.C7H8N2O.2HI/c1-11(2,3)10(13)9-5-7-12(4)8-6-9;1-9-5-3-2-4-7(9)6-8-10;;/h5-8H,1-4H3;2-6H,1H3;2*1H/q+1;;;/p-1. The first-order valence-electron chi connectivity index (χ1n) is 7.38. The molecule has 1 N–H and O–H groups in total. The largest absolute Gasteiger partial charge is 1.00 e. The highest BCUT2D eigenvalue weighted by Crippen LogP contribution is 2.19. The number of rotatable bonds is 2. The Kier molecular flexibility index (Phi) is 12.8. The predicted octanol–water partition coefficient (Wildman–Crippen LogP) is -3.93. The van der Waals surface area contributed by atoms with Gasteiger partial charge in [0.05, 0.1) is 0 Å². The molecule has 0 aromatic carbocycles. The number of carbonyl (C=O) groups is 1. The van der Waals surface area contributed by atoms with Crippen LogP contribution in [0.15, 0.2) is 54.1 Å². The molecule has 0 fully saturated rings. The van der Waals surface area contributed by atoms with Crippen LogP contribution in [0, 0.1) is 5.41 Å². The molecule has 0 spiro atoms. The van der Waals surface area contributed by atoms with Gasteiger partial charge >= 0.3 is 0 Å². The van der Waals surface area contributed by atoms with E-state index < -0.39 is 0 Å². The van der Waals surface area contributed by atoms with Gasteiger partial charge in [-0.25, -0.2) is 9.13 Å². The van der Waals surface area contributed by atoms with Gasteiger partial charge in [0.1, 0.15) is 20.3 Å². The van der Waals surface area contributed by atoms with Gasteiger partial charge < -0.3 is 53.2 Å². The molecule has 0 aliphatic rings. The van der Waals surface area contributed by atoms with E-state index in [0.29, 0.717) is 0 Å². The minimum absolute atomic E-state index is 0. The molecule has 2 heterocycles. The van der Waals surface area contributed by atoms with Crippen molar-refractivity contribution in [3.63, 3.8) is 0 Å². The van der Waals surface area contributed by atoms with Crippen LogP contribution < -0.4 is 57.1 Å². The molecule has 0 aliphatic heterocycles. The zero-order valence-electron chi connectivity index (χ0n) is 15.1. The maximum Gasteiger partial charge on any atom is 0.226 e. The van der Waals surface area contributed by atoms with Gasteiger partial charge in [0.15, 0.2) is 24.4 Å². The molecule has 0 saturated carbocycles. The number of aryl methyl sites for hydroxylation is 2. The number of ketones is 1. The van der Waals surface area contributed by atoms with Crippen LogP contribution in [0.2, 0.25) is 0 Å². The highest BCUT2D eigenvalue weighted by atomic mass is 127. The lowest BCUT2D eigenvalue weighted by atomic mass is 9.87. The van der Waals surface area contributed by atoms with Crippen LogP contribution in [0.4, 0.5) is 0 Å². The van der Waals surface area contributed by atoms with Gasteiger partial charge in [0.2, 0.25) is 5.69 Å². The third-order valence-electron chi connectivity index (χ3n) is 3.21. The summed E-state index contributed by atoms with van der Waals surface area (Å²) in [5, 5.41) is 11.1. The molecule has 2 aromatic heterocycles. The second kappa shape index (κ2) is 12.3. The first kappa shape index (κ1) is 26.1. The molecule has 0 aliphatic carbocycles. The van der Waals surface area contributed by atoms with Gasteiger partial charge in [-0.3, -0.25) is 4.79 Å². The van der Waals surface area contributed by atoms with Gasteiger partial charge in [-0.15, -0.1) is 0 Å². The van der Waals surface area contributed by atoms with Gasteiger partial charge in [0, 0.05) is 35.2 Å². The third kappa shape index (κ3) is 9.24. The van der Waals surface area contributed by atoms with E-state index >= 15 is 0 Å². The van der Waals surface area contributed by atoms with E-state index in [1.54, 1.807) is 0 Å². The van der Waals surface area contributed by atoms with E-state index in [1.807, 2.05) is 92.9 Å². The van der Waals surface area contributed by atoms with Gasteiger partial charge in [-0.05, 0) is 6.07 Å². The molecular weight excluding hydrogens is 544 g/mol. The fraction of sp³-hybridized carbons (Fsp3) is 0.333. The number of pyridine rings is 2. The van der Waals surface area contributed by atoms with E-state index in [0.717, 1.165) is 11.3 Å². The third-order valence-corrected chi connectivity index (χ3v) is 3.21. The number of aromatic nitrogens is 2. The number of hydrogen-bond acceptors (Lipinski definition) is 3. The Balaban J connectivity index is 0. The molecule has 25 heavy (non-hydrogen) atoms. The highest BCUT2D eigenvalue weighted by molar-refractivity contribution is 5.99. The molecule has 5 nitrogen and oxygen atoms in total. The highest BCUT2D eigenvalue weighted by Gasteiger charge is 2.23. The van der Waals surface area contributed by atoms with Crippen molar-refractivity contribution in [2.75, 3.05) is 0 Å². The number of carbonyl (C=O) groups excluding carboxylic acids is 1. The molecule has 0 radical (unpaired) electrons. The summed E-state index contributed by atoms with van der Waals surface area (Å²) in [5.41, 5.74) is 1.36. The number of nitrogens with zero attached hydrogens (tertiary/aromatic N) is 3. The fourth-order valence-corrected chi connectivity index (χ4v) is 1.82. The molecule has 7 heteroatoms. The SMILES string of the molecule is C[n+]1ccc(C(=O)C(C)(C)C)cc1.C[n+]1ccccc1C=NO.[I-].[I-]. The van der Waals surface area contributed by atoms with E-state index in [1.165, 1.54) is 6.21 Å². The van der Waals surface area contributed by atoms with Crippen molar-refractivity contribution in [1.82, 2.24) is 0 Å². The summed E-state index contributed by atoms with van der Waals surface area (Å²) in [6, 6.07) is 9.37. The van der Waals surface area contributed by atoms with Gasteiger partial charge in [0.25, 0.3) is 0 Å². The molecule has 2 aromatic rings. The topological polar surface area (TPSA) is 57.4 Å². The van der Waals surface area contributed by atoms with Crippen molar-refractivity contribution in [2.24, 2.45) is 24.7 Å². The van der Waals surface area contributed by atoms with E-state index in [4.69, 9.17) is 5.21 Å². The monoisotopic (exact) mass is 569 g/mol. The van der Waals surface area contributed by atoms with Crippen molar-refractivity contribution >= 4 is 12.0 Å². The summed E-state index contributed by atoms with van der Waals surface area (Å²) in [4.78, 5) is 11.8. The van der Waals surface area contributed by atoms with Crippen molar-refractivity contribution in [2.45, 2.75) is 20.8 Å². The van der Waals surface area contributed by atoms with E-state index in [-0.39, 0.29) is 59.2 Å². The Morgan fingerprint density at radius 2 is 1.60 bits per heavy atom. The second-order valence-corrected chi connectivity index (χ2v) is 6.31. The normalized spacial score (nSPS) is 10.1. The Morgan fingerprint density at radius 1 is 1.04 bits per heavy atom. The molecule has 0 bridgehead atoms. The van der Waals surface area contributed by atoms with Crippen LogP contribution in [-0.4, -0.2) is 17.2 Å². The lowest BCUT2D eigenvalue weighted by molar-refractivity contribution is -0.672. The minimum atomic E-state index is -0.292. The quantitative estimate of drug-likeness (QED) is 0.100. The Hall–Kier alpha value is -1.10. The molecule has 138 valence electrons. The summed E-state index contributed by atoms with van der Waals surface area (Å²) in [7, 11) is 3.82. The molecule has 0 amide bonds. The van der Waals surface area contributed by atoms with Crippen LogP contribution in [0.1, 0.15) is 36.8 Å². The zero-order valence-corrected chi connectivity index (χ0v) is 19.5. The summed E-state index contributed by atoms with van der Waals surface area (Å²) in [6.07, 6.45) is 7.05. The molecule has 2 rings (SSSR count). The summed E-state index contributed by atoms with van der Waals surface area (Å²) >= 11 is 0. The van der Waals surface area contributed by atoms with Crippen LogP contribution in [0.25, 0.3) is 0 Å². The fourth-order valence-electron chi connectivity index (χ4n) is 1.82. The van der Waals surface area contributed by atoms with Crippen LogP contribution in [-0.2, 0) is 14.1 Å². The number of halogens is 2. The smallest absolute Gasteiger partial charge is 0.226 e. The van der Waals surface area contributed by atoms with Gasteiger partial charge in [-0.1, -0.05) is 25.9 Å². The molecule has 0 saturated heterocycles. The lowest BCUT2D eigenvalue weighted by Gasteiger charge is -2.15. The minimum Gasteiger partial charge on any atom is -1.00 e. The second-order valence-electron chi connectivity index (χ2n) is 6.31. The van der Waals surface area contributed by atoms with E-state index in [2.05, 4.69) is 5.16 Å². The first-order valence-corrected chi connectivity index (χ1v) is 7.38. The summed E-state index contributed by atoms with van der Waals surface area (Å²) in [5.74, 6) is 0.188. The number of oxime groups is 1. The van der Waals surface area contributed by atoms with Crippen LogP contribution >= 0.6 is 0 Å². The maximum absolute atomic E-state index is 11.8. The average Bonchev–Trinajstić information content (AvgIpc) is 2.50. The summed E-state index contributed by atoms with van der Waals surface area (Å²) in [6.45, 7) is 5.80. The van der Waals surface area contributed by atoms with Crippen molar-refractivity contribution in [3.8, 4) is 0 Å². The van der Waals surface area contributed by atoms with Gasteiger partial charge in [-0.2, -0.15) is 0 Å². The lowest BCUT2D eigenvalue weighted by Crippen LogP contribution is -3.00. The Morgan fingerprint density at radius 3 is 2.04 bits per heavy atom. The van der Waals surface area contributed by atoms with Crippen LogP contribution in [0.5, 0.6) is 0 Å². The molecule has 0 unspecified atom stereocenters. The van der Waals surface area contributed by atoms with E-state index in [9.17, 15) is 4.79 Å². The zero-order chi connectivity index (χ0) is 17.5. The maximum atomic E-state index is 11.8. The molecular formula is C18H25I2N3O2. The average molecular weight is 569 g/mol. The molecule has 0 atom stereocenters. The van der Waals surface area contributed by atoms with Crippen molar-refractivity contribution in [3.05, 3.63) is 60.2 Å². The predicted molar refractivity (Wildman–Crippen MR) is 88.4 cm³/mol. The van der Waals surface area contributed by atoms with Crippen molar-refractivity contribution in [1.29, 1.82) is 0 Å². The summed E-state index contributed by atoms with van der Waals surface area (Å²) < 4.78 is 3.78. The first-order chi connectivity index (χ1) is 10.8. The Bertz CT molecular complexity index is 681. The van der Waals surface area contributed by atoms with Crippen LogP contribution in [0.3, 0.4) is 0 Å². The number of hydrogen-bond donors (Lipinski definition) is 1. The Labute approximate surface area is 183 Å².